The van der Waals surface area contributed by atoms with Crippen LogP contribution in [0.15, 0.2) is 41.5 Å². The van der Waals surface area contributed by atoms with E-state index in [-0.39, 0.29) is 11.3 Å². The smallest absolute Gasteiger partial charge is 0.275 e. The maximum absolute atomic E-state index is 12.0. The second-order valence-corrected chi connectivity index (χ2v) is 5.43. The van der Waals surface area contributed by atoms with Gasteiger partial charge in [0.2, 0.25) is 0 Å². The van der Waals surface area contributed by atoms with Crippen LogP contribution in [0.4, 0.5) is 0 Å². The molecule has 0 aliphatic rings. The normalized spacial score (nSPS) is 11.4. The summed E-state index contributed by atoms with van der Waals surface area (Å²) in [6, 6.07) is 10.6. The first-order chi connectivity index (χ1) is 10.4. The van der Waals surface area contributed by atoms with Gasteiger partial charge >= 0.3 is 0 Å². The molecule has 0 heterocycles. The van der Waals surface area contributed by atoms with E-state index in [0.29, 0.717) is 0 Å². The lowest BCUT2D eigenvalue weighted by Crippen LogP contribution is -2.20. The van der Waals surface area contributed by atoms with Gasteiger partial charge in [-0.25, -0.2) is 5.43 Å². The topological polar surface area (TPSA) is 61.7 Å². The minimum atomic E-state index is -0.431. The number of carbonyl (C=O) groups excluding carboxylic acids is 1. The lowest BCUT2D eigenvalue weighted by molar-refractivity contribution is 0.0952. The van der Waals surface area contributed by atoms with Crippen LogP contribution < -0.4 is 5.43 Å². The van der Waals surface area contributed by atoms with Crippen LogP contribution in [0.3, 0.4) is 0 Å². The maximum Gasteiger partial charge on any atom is 0.275 e. The number of nitrogens with zero attached hydrogens (tertiary/aromatic N) is 1. The first-order valence-corrected chi connectivity index (χ1v) is 7.11. The van der Waals surface area contributed by atoms with Crippen LogP contribution >= 0.6 is 0 Å². The first-order valence-electron chi connectivity index (χ1n) is 7.11. The summed E-state index contributed by atoms with van der Waals surface area (Å²) >= 11 is 0. The Morgan fingerprint density at radius 1 is 1.09 bits per heavy atom. The fraction of sp³-hybridized carbons (Fsp3) is 0.222. The molecule has 2 rings (SSSR count). The molecule has 0 fully saturated rings. The summed E-state index contributed by atoms with van der Waals surface area (Å²) in [6.07, 6.45) is 0. The van der Waals surface area contributed by atoms with Gasteiger partial charge in [-0.05, 0) is 51.0 Å². The van der Waals surface area contributed by atoms with Crippen molar-refractivity contribution in [1.29, 1.82) is 0 Å². The van der Waals surface area contributed by atoms with Crippen LogP contribution in [0.5, 0.6) is 5.75 Å². The van der Waals surface area contributed by atoms with Gasteiger partial charge in [0, 0.05) is 5.56 Å². The van der Waals surface area contributed by atoms with Crippen molar-refractivity contribution in [3.63, 3.8) is 0 Å². The van der Waals surface area contributed by atoms with Gasteiger partial charge in [0.05, 0.1) is 11.3 Å². The van der Waals surface area contributed by atoms with Gasteiger partial charge in [0.25, 0.3) is 5.91 Å². The van der Waals surface area contributed by atoms with Crippen molar-refractivity contribution in [3.8, 4) is 5.75 Å². The van der Waals surface area contributed by atoms with Crippen LogP contribution in [0.25, 0.3) is 0 Å². The molecule has 22 heavy (non-hydrogen) atoms. The number of hydrogen-bond donors (Lipinski definition) is 2. The highest BCUT2D eigenvalue weighted by Gasteiger charge is 2.11. The summed E-state index contributed by atoms with van der Waals surface area (Å²) in [7, 11) is 0. The molecule has 0 saturated carbocycles. The van der Waals surface area contributed by atoms with E-state index in [2.05, 4.69) is 29.6 Å². The molecular formula is C18H20N2O2. The van der Waals surface area contributed by atoms with Gasteiger partial charge in [-0.1, -0.05) is 29.8 Å². The molecule has 0 radical (unpaired) electrons. The fourth-order valence-corrected chi connectivity index (χ4v) is 2.67. The number of para-hydroxylation sites is 1. The average Bonchev–Trinajstić information content (AvgIpc) is 2.44. The Morgan fingerprint density at radius 3 is 2.27 bits per heavy atom. The van der Waals surface area contributed by atoms with E-state index in [1.54, 1.807) is 18.2 Å². The number of phenolic OH excluding ortho intramolecular Hbond substituents is 1. The van der Waals surface area contributed by atoms with Crippen LogP contribution in [0.2, 0.25) is 0 Å². The van der Waals surface area contributed by atoms with Crippen molar-refractivity contribution in [3.05, 3.63) is 64.2 Å². The number of phenols is 1. The SMILES string of the molecule is C/C(=N/NC(=O)c1ccccc1O)c1c(C)cc(C)cc1C. The summed E-state index contributed by atoms with van der Waals surface area (Å²) in [4.78, 5) is 12.0. The number of hydrogen-bond acceptors (Lipinski definition) is 3. The minimum Gasteiger partial charge on any atom is -0.507 e. The Hall–Kier alpha value is -2.62. The molecule has 2 N–H and O–H groups in total. The summed E-state index contributed by atoms with van der Waals surface area (Å²) in [5, 5.41) is 13.8. The van der Waals surface area contributed by atoms with Gasteiger partial charge in [-0.15, -0.1) is 0 Å². The number of carbonyl (C=O) groups is 1. The molecular weight excluding hydrogens is 276 g/mol. The monoisotopic (exact) mass is 296 g/mol. The highest BCUT2D eigenvalue weighted by atomic mass is 16.3. The van der Waals surface area contributed by atoms with Crippen LogP contribution in [0, 0.1) is 20.8 Å². The summed E-state index contributed by atoms with van der Waals surface area (Å²) < 4.78 is 0. The number of benzene rings is 2. The zero-order chi connectivity index (χ0) is 16.3. The maximum atomic E-state index is 12.0. The van der Waals surface area contributed by atoms with Crippen molar-refractivity contribution in [2.24, 2.45) is 5.10 Å². The van der Waals surface area contributed by atoms with Crippen molar-refractivity contribution < 1.29 is 9.90 Å². The highest BCUT2D eigenvalue weighted by molar-refractivity contribution is 6.03. The van der Waals surface area contributed by atoms with E-state index < -0.39 is 5.91 Å². The Labute approximate surface area is 130 Å². The van der Waals surface area contributed by atoms with Crippen molar-refractivity contribution in [2.45, 2.75) is 27.7 Å². The molecule has 0 bridgehead atoms. The second-order valence-electron chi connectivity index (χ2n) is 5.43. The van der Waals surface area contributed by atoms with Crippen molar-refractivity contribution >= 4 is 11.6 Å². The van der Waals surface area contributed by atoms with Gasteiger partial charge < -0.3 is 5.11 Å². The zero-order valence-corrected chi connectivity index (χ0v) is 13.3. The van der Waals surface area contributed by atoms with E-state index in [0.717, 1.165) is 22.4 Å². The van der Waals surface area contributed by atoms with E-state index in [1.807, 2.05) is 20.8 Å². The van der Waals surface area contributed by atoms with Crippen LogP contribution in [-0.4, -0.2) is 16.7 Å². The lowest BCUT2D eigenvalue weighted by Gasteiger charge is -2.11. The Balaban J connectivity index is 2.24. The van der Waals surface area contributed by atoms with Crippen molar-refractivity contribution in [1.82, 2.24) is 5.43 Å². The van der Waals surface area contributed by atoms with E-state index >= 15 is 0 Å². The number of nitrogens with one attached hydrogen (secondary N) is 1. The Bertz CT molecular complexity index is 725. The molecule has 2 aromatic carbocycles. The van der Waals surface area contributed by atoms with Gasteiger partial charge in [-0.3, -0.25) is 4.79 Å². The standard InChI is InChI=1S/C18H20N2O2/c1-11-9-12(2)17(13(3)10-11)14(4)19-20-18(22)15-7-5-6-8-16(15)21/h5-10,21H,1-4H3,(H,20,22)/b19-14-. The summed E-state index contributed by atoms with van der Waals surface area (Å²) in [6.45, 7) is 7.96. The van der Waals surface area contributed by atoms with Crippen molar-refractivity contribution in [2.75, 3.05) is 0 Å². The number of amides is 1. The molecule has 4 heteroatoms. The molecule has 114 valence electrons. The number of hydrazone groups is 1. The third-order valence-corrected chi connectivity index (χ3v) is 3.51. The van der Waals surface area contributed by atoms with Gasteiger partial charge in [0.15, 0.2) is 0 Å². The molecule has 0 saturated heterocycles. The predicted octanol–water partition coefficient (Wildman–Crippen LogP) is 3.47. The average molecular weight is 296 g/mol. The molecule has 0 aliphatic carbocycles. The lowest BCUT2D eigenvalue weighted by atomic mass is 9.97. The molecule has 0 spiro atoms. The summed E-state index contributed by atoms with van der Waals surface area (Å²) in [5.41, 5.74) is 7.91. The minimum absolute atomic E-state index is 0.0597. The molecule has 0 aliphatic heterocycles. The van der Waals surface area contributed by atoms with Crippen LogP contribution in [0.1, 0.15) is 39.5 Å². The quantitative estimate of drug-likeness (QED) is 0.673. The van der Waals surface area contributed by atoms with E-state index in [1.165, 1.54) is 11.6 Å². The Morgan fingerprint density at radius 2 is 1.68 bits per heavy atom. The summed E-state index contributed by atoms with van der Waals surface area (Å²) in [5.74, 6) is -0.490. The van der Waals surface area contributed by atoms with E-state index in [4.69, 9.17) is 0 Å². The second kappa shape index (κ2) is 6.43. The molecule has 2 aromatic rings. The van der Waals surface area contributed by atoms with Crippen LogP contribution in [-0.2, 0) is 0 Å². The van der Waals surface area contributed by atoms with Gasteiger partial charge in [0.1, 0.15) is 5.75 Å². The van der Waals surface area contributed by atoms with Gasteiger partial charge in [-0.2, -0.15) is 5.10 Å². The molecule has 0 unspecified atom stereocenters. The number of aromatic hydroxyl groups is 1. The molecule has 4 nitrogen and oxygen atoms in total. The number of rotatable bonds is 3. The zero-order valence-electron chi connectivity index (χ0n) is 13.3. The third kappa shape index (κ3) is 3.34. The predicted molar refractivity (Wildman–Crippen MR) is 88.4 cm³/mol. The molecule has 0 aromatic heterocycles. The first kappa shape index (κ1) is 15.8. The largest absolute Gasteiger partial charge is 0.507 e. The molecule has 0 atom stereocenters. The highest BCUT2D eigenvalue weighted by Crippen LogP contribution is 2.18. The molecule has 1 amide bonds. The Kier molecular flexibility index (Phi) is 4.61. The third-order valence-electron chi connectivity index (χ3n) is 3.51. The fourth-order valence-electron chi connectivity index (χ4n) is 2.67. The van der Waals surface area contributed by atoms with E-state index in [9.17, 15) is 9.90 Å². The number of aryl methyl sites for hydroxylation is 3.